The summed E-state index contributed by atoms with van der Waals surface area (Å²) >= 11 is 0. The van der Waals surface area contributed by atoms with Crippen LogP contribution < -0.4 is 20.4 Å². The summed E-state index contributed by atoms with van der Waals surface area (Å²) in [7, 11) is 7.52. The molecule has 7 heteroatoms. The van der Waals surface area contributed by atoms with Crippen LogP contribution in [0.25, 0.3) is 0 Å². The van der Waals surface area contributed by atoms with E-state index < -0.39 is 11.8 Å². The van der Waals surface area contributed by atoms with Gasteiger partial charge in [0.1, 0.15) is 5.82 Å². The van der Waals surface area contributed by atoms with Crippen molar-refractivity contribution in [3.05, 3.63) is 48.2 Å². The minimum Gasteiger partial charge on any atom is -0.376 e. The van der Waals surface area contributed by atoms with Crippen LogP contribution in [-0.4, -0.2) is 45.0 Å². The Bertz CT molecular complexity index is 759. The molecule has 0 spiro atoms. The molecule has 1 aromatic heterocycles. The number of pyridine rings is 1. The first-order valence-electron chi connectivity index (χ1n) is 7.86. The van der Waals surface area contributed by atoms with E-state index in [2.05, 4.69) is 15.6 Å². The van der Waals surface area contributed by atoms with Crippen LogP contribution >= 0.6 is 0 Å². The van der Waals surface area contributed by atoms with Gasteiger partial charge in [-0.2, -0.15) is 0 Å². The minimum absolute atomic E-state index is 0.255. The largest absolute Gasteiger partial charge is 0.376 e. The topological polar surface area (TPSA) is 77.6 Å². The summed E-state index contributed by atoms with van der Waals surface area (Å²) in [4.78, 5) is 32.1. The third-order valence-corrected chi connectivity index (χ3v) is 3.56. The van der Waals surface area contributed by atoms with Crippen molar-refractivity contribution >= 4 is 29.0 Å². The van der Waals surface area contributed by atoms with Crippen LogP contribution in [0.2, 0.25) is 0 Å². The fourth-order valence-electron chi connectivity index (χ4n) is 2.23. The Balaban J connectivity index is 1.97. The van der Waals surface area contributed by atoms with Crippen molar-refractivity contribution in [3.8, 4) is 0 Å². The lowest BCUT2D eigenvalue weighted by molar-refractivity contribution is -0.136. The first kappa shape index (κ1) is 18.3. The van der Waals surface area contributed by atoms with Gasteiger partial charge in [-0.05, 0) is 29.8 Å². The van der Waals surface area contributed by atoms with Crippen LogP contribution in [0.3, 0.4) is 0 Å². The lowest BCUT2D eigenvalue weighted by Gasteiger charge is -2.17. The molecule has 2 amide bonds. The van der Waals surface area contributed by atoms with Crippen LogP contribution in [0.15, 0.2) is 42.6 Å². The summed E-state index contributed by atoms with van der Waals surface area (Å²) in [6.07, 6.45) is 1.67. The van der Waals surface area contributed by atoms with E-state index >= 15 is 0 Å². The monoisotopic (exact) mass is 341 g/mol. The van der Waals surface area contributed by atoms with E-state index in [1.807, 2.05) is 56.2 Å². The summed E-state index contributed by atoms with van der Waals surface area (Å²) in [6, 6.07) is 11.0. The first-order valence-corrected chi connectivity index (χ1v) is 7.86. The zero-order chi connectivity index (χ0) is 18.4. The predicted octanol–water partition coefficient (Wildman–Crippen LogP) is 1.47. The van der Waals surface area contributed by atoms with Gasteiger partial charge in [0.15, 0.2) is 0 Å². The van der Waals surface area contributed by atoms with Crippen molar-refractivity contribution < 1.29 is 9.59 Å². The SMILES string of the molecule is CN(C)c1cc(CNC(=O)C(=O)Nc2ccccc2N(C)C)ccn1. The number of hydrogen-bond acceptors (Lipinski definition) is 5. The van der Waals surface area contributed by atoms with Gasteiger partial charge in [-0.1, -0.05) is 12.1 Å². The number of nitrogens with one attached hydrogen (secondary N) is 2. The van der Waals surface area contributed by atoms with Gasteiger partial charge in [-0.15, -0.1) is 0 Å². The summed E-state index contributed by atoms with van der Waals surface area (Å²) in [5, 5.41) is 5.27. The standard InChI is InChI=1S/C18H23N5O2/c1-22(2)15-8-6-5-7-14(15)21-18(25)17(24)20-12-13-9-10-19-16(11-13)23(3)4/h5-11H,12H2,1-4H3,(H,20,24)(H,21,25). The fourth-order valence-corrected chi connectivity index (χ4v) is 2.23. The number of anilines is 3. The highest BCUT2D eigenvalue weighted by Gasteiger charge is 2.15. The van der Waals surface area contributed by atoms with Gasteiger partial charge < -0.3 is 20.4 Å². The van der Waals surface area contributed by atoms with Gasteiger partial charge in [0, 0.05) is 40.9 Å². The van der Waals surface area contributed by atoms with Crippen LogP contribution in [-0.2, 0) is 16.1 Å². The van der Waals surface area contributed by atoms with Crippen LogP contribution in [0.4, 0.5) is 17.2 Å². The van der Waals surface area contributed by atoms with Crippen LogP contribution in [0, 0.1) is 0 Å². The van der Waals surface area contributed by atoms with Crippen molar-refractivity contribution in [3.63, 3.8) is 0 Å². The second-order valence-corrected chi connectivity index (χ2v) is 5.97. The Morgan fingerprint density at radius 3 is 2.40 bits per heavy atom. The number of rotatable bonds is 5. The van der Waals surface area contributed by atoms with E-state index in [4.69, 9.17) is 0 Å². The van der Waals surface area contributed by atoms with E-state index in [0.717, 1.165) is 17.1 Å². The number of aromatic nitrogens is 1. The normalized spacial score (nSPS) is 10.1. The molecule has 0 aliphatic rings. The van der Waals surface area contributed by atoms with Crippen LogP contribution in [0.1, 0.15) is 5.56 Å². The summed E-state index contributed by atoms with van der Waals surface area (Å²) in [5.74, 6) is -0.593. The molecule has 2 rings (SSSR count). The molecule has 0 fully saturated rings. The highest BCUT2D eigenvalue weighted by atomic mass is 16.2. The van der Waals surface area contributed by atoms with E-state index in [-0.39, 0.29) is 6.54 Å². The Kier molecular flexibility index (Phi) is 5.94. The van der Waals surface area contributed by atoms with Crippen molar-refractivity contribution in [2.75, 3.05) is 43.3 Å². The average molecular weight is 341 g/mol. The second kappa shape index (κ2) is 8.14. The van der Waals surface area contributed by atoms with Gasteiger partial charge in [-0.3, -0.25) is 9.59 Å². The number of amides is 2. The average Bonchev–Trinajstić information content (AvgIpc) is 2.60. The Hall–Kier alpha value is -3.09. The summed E-state index contributed by atoms with van der Waals surface area (Å²) < 4.78 is 0. The van der Waals surface area contributed by atoms with Crippen molar-refractivity contribution in [1.82, 2.24) is 10.3 Å². The van der Waals surface area contributed by atoms with E-state index in [0.29, 0.717) is 5.69 Å². The molecule has 7 nitrogen and oxygen atoms in total. The number of carbonyl (C=O) groups is 2. The molecule has 0 saturated heterocycles. The van der Waals surface area contributed by atoms with Gasteiger partial charge in [-0.25, -0.2) is 4.98 Å². The van der Waals surface area contributed by atoms with E-state index in [1.165, 1.54) is 0 Å². The zero-order valence-electron chi connectivity index (χ0n) is 14.9. The minimum atomic E-state index is -0.698. The van der Waals surface area contributed by atoms with Gasteiger partial charge in [0.05, 0.1) is 11.4 Å². The lowest BCUT2D eigenvalue weighted by Crippen LogP contribution is -2.35. The molecule has 1 heterocycles. The number of hydrogen-bond donors (Lipinski definition) is 2. The van der Waals surface area contributed by atoms with Gasteiger partial charge in [0.25, 0.3) is 0 Å². The first-order chi connectivity index (χ1) is 11.9. The quantitative estimate of drug-likeness (QED) is 0.806. The second-order valence-electron chi connectivity index (χ2n) is 5.97. The zero-order valence-corrected chi connectivity index (χ0v) is 14.9. The highest BCUT2D eigenvalue weighted by Crippen LogP contribution is 2.23. The maximum absolute atomic E-state index is 12.1. The Morgan fingerprint density at radius 2 is 1.72 bits per heavy atom. The number of benzene rings is 1. The van der Waals surface area contributed by atoms with E-state index in [1.54, 1.807) is 24.4 Å². The molecule has 2 aromatic rings. The van der Waals surface area contributed by atoms with Crippen molar-refractivity contribution in [1.29, 1.82) is 0 Å². The molecule has 0 saturated carbocycles. The molecule has 1 aromatic carbocycles. The predicted molar refractivity (Wildman–Crippen MR) is 99.8 cm³/mol. The fraction of sp³-hybridized carbons (Fsp3) is 0.278. The van der Waals surface area contributed by atoms with Crippen LogP contribution in [0.5, 0.6) is 0 Å². The number of para-hydroxylation sites is 2. The third kappa shape index (κ3) is 4.94. The Morgan fingerprint density at radius 1 is 1.00 bits per heavy atom. The maximum Gasteiger partial charge on any atom is 0.313 e. The molecule has 0 radical (unpaired) electrons. The smallest absolute Gasteiger partial charge is 0.313 e. The molecule has 2 N–H and O–H groups in total. The molecule has 0 atom stereocenters. The Labute approximate surface area is 147 Å². The molecule has 0 unspecified atom stereocenters. The maximum atomic E-state index is 12.1. The summed E-state index contributed by atoms with van der Waals surface area (Å²) in [6.45, 7) is 0.255. The van der Waals surface area contributed by atoms with Gasteiger partial charge >= 0.3 is 11.8 Å². The molecule has 25 heavy (non-hydrogen) atoms. The molecule has 0 aliphatic heterocycles. The number of nitrogens with zero attached hydrogens (tertiary/aromatic N) is 3. The van der Waals surface area contributed by atoms with Gasteiger partial charge in [0.2, 0.25) is 0 Å². The van der Waals surface area contributed by atoms with Crippen molar-refractivity contribution in [2.45, 2.75) is 6.54 Å². The van der Waals surface area contributed by atoms with E-state index in [9.17, 15) is 9.59 Å². The molecule has 0 aliphatic carbocycles. The number of carbonyl (C=O) groups excluding carboxylic acids is 2. The lowest BCUT2D eigenvalue weighted by atomic mass is 10.2. The van der Waals surface area contributed by atoms with Crippen molar-refractivity contribution in [2.24, 2.45) is 0 Å². The summed E-state index contributed by atoms with van der Waals surface area (Å²) in [5.41, 5.74) is 2.29. The third-order valence-electron chi connectivity index (χ3n) is 3.56. The molecular weight excluding hydrogens is 318 g/mol. The highest BCUT2D eigenvalue weighted by molar-refractivity contribution is 6.39. The molecule has 0 bridgehead atoms. The molecule has 132 valence electrons. The molecular formula is C18H23N5O2.